The van der Waals surface area contributed by atoms with Crippen LogP contribution in [0.4, 0.5) is 0 Å². The molecule has 1 aliphatic heterocycles. The van der Waals surface area contributed by atoms with Crippen LogP contribution in [0.5, 0.6) is 11.5 Å². The second-order valence-corrected chi connectivity index (χ2v) is 7.98. The molecule has 150 valence electrons. The third-order valence-corrected chi connectivity index (χ3v) is 6.35. The quantitative estimate of drug-likeness (QED) is 0.185. The lowest BCUT2D eigenvalue weighted by Crippen LogP contribution is -2.46. The molecule has 0 fully saturated rings. The van der Waals surface area contributed by atoms with Gasteiger partial charge in [0.25, 0.3) is 0 Å². The highest BCUT2D eigenvalue weighted by atomic mass is 16.6. The number of hydrogen-bond acceptors (Lipinski definition) is 3. The van der Waals surface area contributed by atoms with Gasteiger partial charge in [0.05, 0.1) is 0 Å². The van der Waals surface area contributed by atoms with E-state index in [1.165, 1.54) is 0 Å². The summed E-state index contributed by atoms with van der Waals surface area (Å²) in [6.07, 6.45) is 0.463. The van der Waals surface area contributed by atoms with Crippen molar-refractivity contribution >= 4 is 38.3 Å². The first kappa shape index (κ1) is 18.0. The fourth-order valence-electron chi connectivity index (χ4n) is 4.71. The Bertz CT molecular complexity index is 1500. The molecule has 0 spiro atoms. The highest BCUT2D eigenvalue weighted by molar-refractivity contribution is 6.15. The van der Waals surface area contributed by atoms with E-state index < -0.39 is 5.60 Å². The molecule has 1 aliphatic rings. The van der Waals surface area contributed by atoms with Crippen LogP contribution < -0.4 is 9.47 Å². The van der Waals surface area contributed by atoms with Crippen LogP contribution >= 0.6 is 0 Å². The maximum Gasteiger partial charge on any atom is 0.360 e. The van der Waals surface area contributed by atoms with Crippen molar-refractivity contribution in [3.8, 4) is 11.5 Å². The van der Waals surface area contributed by atoms with Crippen molar-refractivity contribution in [2.45, 2.75) is 18.9 Å². The molecule has 0 N–H and O–H groups in total. The van der Waals surface area contributed by atoms with E-state index in [0.29, 0.717) is 17.9 Å². The molecule has 1 atom stereocenters. The van der Waals surface area contributed by atoms with Gasteiger partial charge in [0.2, 0.25) is 5.60 Å². The summed E-state index contributed by atoms with van der Waals surface area (Å²) in [5.74, 6) is 0.756. The van der Waals surface area contributed by atoms with Crippen LogP contribution in [-0.4, -0.2) is 5.97 Å². The van der Waals surface area contributed by atoms with Crippen molar-refractivity contribution in [2.75, 3.05) is 0 Å². The van der Waals surface area contributed by atoms with Gasteiger partial charge in [0.15, 0.2) is 11.5 Å². The van der Waals surface area contributed by atoms with Crippen molar-refractivity contribution < 1.29 is 14.3 Å². The van der Waals surface area contributed by atoms with Gasteiger partial charge in [-0.1, -0.05) is 91.9 Å². The van der Waals surface area contributed by atoms with Crippen molar-refractivity contribution in [1.82, 2.24) is 0 Å². The molecule has 0 aliphatic carbocycles. The lowest BCUT2D eigenvalue weighted by molar-refractivity contribution is -0.157. The lowest BCUT2D eigenvalue weighted by atomic mass is 9.87. The smallest absolute Gasteiger partial charge is 0.360 e. The Hall–Kier alpha value is -3.85. The van der Waals surface area contributed by atoms with Gasteiger partial charge in [-0.2, -0.15) is 0 Å². The Morgan fingerprint density at radius 1 is 0.677 bits per heavy atom. The van der Waals surface area contributed by atoms with Gasteiger partial charge in [0.1, 0.15) is 0 Å². The first-order valence-corrected chi connectivity index (χ1v) is 10.6. The van der Waals surface area contributed by atoms with Crippen molar-refractivity contribution in [3.05, 3.63) is 96.6 Å². The van der Waals surface area contributed by atoms with Crippen LogP contribution in [0.3, 0.4) is 0 Å². The van der Waals surface area contributed by atoms with Crippen molar-refractivity contribution in [1.29, 1.82) is 0 Å². The number of rotatable bonds is 2. The summed E-state index contributed by atoms with van der Waals surface area (Å²) in [5.41, 5.74) is -0.385. The molecule has 0 radical (unpaired) electrons. The van der Waals surface area contributed by atoms with Gasteiger partial charge in [-0.25, -0.2) is 4.79 Å². The molecule has 5 aromatic rings. The lowest BCUT2D eigenvalue weighted by Gasteiger charge is -2.37. The summed E-state index contributed by atoms with van der Waals surface area (Å²) < 4.78 is 12.7. The van der Waals surface area contributed by atoms with Crippen LogP contribution in [0.25, 0.3) is 32.3 Å². The number of benzene rings is 5. The Kier molecular flexibility index (Phi) is 3.81. The minimum Gasteiger partial charge on any atom is -0.466 e. The maximum absolute atomic E-state index is 13.5. The summed E-state index contributed by atoms with van der Waals surface area (Å²) in [5, 5.41) is 6.15. The zero-order valence-electron chi connectivity index (χ0n) is 17.1. The van der Waals surface area contributed by atoms with Crippen LogP contribution in [0.1, 0.15) is 18.9 Å². The Morgan fingerprint density at radius 2 is 1.26 bits per heavy atom. The van der Waals surface area contributed by atoms with E-state index in [9.17, 15) is 4.79 Å². The molecule has 0 saturated heterocycles. The van der Waals surface area contributed by atoms with Crippen molar-refractivity contribution in [2.24, 2.45) is 0 Å². The SMILES string of the molecule is CC[C@]1(c2ccc3ccccc3c2)Oc2c(c3ccccc3c3ccccc23)OC1=O. The van der Waals surface area contributed by atoms with Crippen LogP contribution in [0.2, 0.25) is 0 Å². The summed E-state index contributed by atoms with van der Waals surface area (Å²) in [6.45, 7) is 1.96. The second-order valence-electron chi connectivity index (χ2n) is 7.98. The third-order valence-electron chi connectivity index (χ3n) is 6.35. The molecule has 1 heterocycles. The van der Waals surface area contributed by atoms with Crippen LogP contribution in [-0.2, 0) is 10.4 Å². The largest absolute Gasteiger partial charge is 0.466 e. The predicted octanol–water partition coefficient (Wildman–Crippen LogP) is 6.75. The van der Waals surface area contributed by atoms with Crippen molar-refractivity contribution in [3.63, 3.8) is 0 Å². The zero-order valence-corrected chi connectivity index (χ0v) is 17.1. The van der Waals surface area contributed by atoms with E-state index in [-0.39, 0.29) is 5.97 Å². The molecule has 6 rings (SSSR count). The van der Waals surface area contributed by atoms with E-state index in [0.717, 1.165) is 37.9 Å². The predicted molar refractivity (Wildman–Crippen MR) is 124 cm³/mol. The molecule has 0 unspecified atom stereocenters. The highest BCUT2D eigenvalue weighted by Gasteiger charge is 2.48. The van der Waals surface area contributed by atoms with Gasteiger partial charge >= 0.3 is 5.97 Å². The zero-order chi connectivity index (χ0) is 21.0. The van der Waals surface area contributed by atoms with E-state index in [4.69, 9.17) is 9.47 Å². The van der Waals surface area contributed by atoms with Gasteiger partial charge in [-0.05, 0) is 34.0 Å². The first-order chi connectivity index (χ1) is 15.2. The van der Waals surface area contributed by atoms with E-state index >= 15 is 0 Å². The molecular weight excluding hydrogens is 384 g/mol. The molecule has 3 nitrogen and oxygen atoms in total. The fraction of sp³-hybridized carbons (Fsp3) is 0.107. The monoisotopic (exact) mass is 404 g/mol. The first-order valence-electron chi connectivity index (χ1n) is 10.6. The average molecular weight is 404 g/mol. The summed E-state index contributed by atoms with van der Waals surface area (Å²) in [4.78, 5) is 13.5. The summed E-state index contributed by atoms with van der Waals surface area (Å²) in [7, 11) is 0. The number of esters is 1. The van der Waals surface area contributed by atoms with Crippen LogP contribution in [0.15, 0.2) is 91.0 Å². The van der Waals surface area contributed by atoms with Gasteiger partial charge in [0, 0.05) is 16.3 Å². The Balaban J connectivity index is 1.63. The minimum absolute atomic E-state index is 0.377. The summed E-state index contributed by atoms with van der Waals surface area (Å²) >= 11 is 0. The fourth-order valence-corrected chi connectivity index (χ4v) is 4.71. The topological polar surface area (TPSA) is 35.5 Å². The summed E-state index contributed by atoms with van der Waals surface area (Å²) in [6, 6.07) is 30.3. The minimum atomic E-state index is -1.19. The number of fused-ring (bicyclic) bond motifs is 7. The normalized spacial score (nSPS) is 18.0. The molecular formula is C28H20O3. The van der Waals surface area contributed by atoms with E-state index in [2.05, 4.69) is 18.2 Å². The third kappa shape index (κ3) is 2.50. The van der Waals surface area contributed by atoms with Gasteiger partial charge in [-0.15, -0.1) is 0 Å². The van der Waals surface area contributed by atoms with Gasteiger partial charge in [-0.3, -0.25) is 0 Å². The number of ether oxygens (including phenoxy) is 2. The molecule has 31 heavy (non-hydrogen) atoms. The standard InChI is InChI=1S/C28H20O3/c1-2-28(20-16-15-18-9-3-4-10-19(18)17-20)27(29)30-25-23-13-7-5-11-21(23)22-12-6-8-14-24(22)26(25)31-28/h3-17H,2H2,1H3/t28-/m1/s1. The molecule has 0 amide bonds. The van der Waals surface area contributed by atoms with Gasteiger partial charge < -0.3 is 9.47 Å². The number of carbonyl (C=O) groups is 1. The molecule has 3 heteroatoms. The molecule has 0 bridgehead atoms. The molecule has 0 aromatic heterocycles. The maximum atomic E-state index is 13.5. The molecule has 5 aromatic carbocycles. The Labute approximate surface area is 179 Å². The van der Waals surface area contributed by atoms with E-state index in [1.54, 1.807) is 0 Å². The van der Waals surface area contributed by atoms with E-state index in [1.807, 2.05) is 79.7 Å². The number of hydrogen-bond donors (Lipinski definition) is 0. The highest BCUT2D eigenvalue weighted by Crippen LogP contribution is 2.50. The van der Waals surface area contributed by atoms with Crippen LogP contribution in [0, 0.1) is 0 Å². The average Bonchev–Trinajstić information content (AvgIpc) is 2.84. The number of carbonyl (C=O) groups excluding carboxylic acids is 1. The second kappa shape index (κ2) is 6.58. The Morgan fingerprint density at radius 3 is 1.94 bits per heavy atom. The molecule has 0 saturated carbocycles.